The van der Waals surface area contributed by atoms with Crippen molar-refractivity contribution in [2.45, 2.75) is 51.1 Å². The van der Waals surface area contributed by atoms with Gasteiger partial charge in [-0.25, -0.2) is 4.98 Å². The lowest BCUT2D eigenvalue weighted by atomic mass is 9.89. The number of carbonyl (C=O) groups is 1. The number of amides is 1. The Kier molecular flexibility index (Phi) is 3.94. The van der Waals surface area contributed by atoms with Crippen LogP contribution in [0.1, 0.15) is 37.7 Å². The smallest absolute Gasteiger partial charge is 0.224 e. The monoisotopic (exact) mass is 293 g/mol. The minimum atomic E-state index is 0.0469. The van der Waals surface area contributed by atoms with Gasteiger partial charge in [0.1, 0.15) is 0 Å². The summed E-state index contributed by atoms with van der Waals surface area (Å²) in [5, 5.41) is 6.85. The van der Waals surface area contributed by atoms with Crippen LogP contribution in [0.25, 0.3) is 0 Å². The number of nitrogens with one attached hydrogen (secondary N) is 2. The maximum atomic E-state index is 12.2. The quantitative estimate of drug-likeness (QED) is 0.843. The van der Waals surface area contributed by atoms with Gasteiger partial charge in [0.25, 0.3) is 0 Å². The maximum absolute atomic E-state index is 12.2. The first-order chi connectivity index (χ1) is 9.60. The molecule has 1 aromatic rings. The third-order valence-electron chi connectivity index (χ3n) is 4.29. The molecule has 0 aromatic carbocycles. The van der Waals surface area contributed by atoms with E-state index in [1.54, 1.807) is 6.20 Å². The van der Waals surface area contributed by atoms with E-state index in [-0.39, 0.29) is 5.91 Å². The maximum Gasteiger partial charge on any atom is 0.224 e. The van der Waals surface area contributed by atoms with E-state index in [4.69, 9.17) is 11.6 Å². The molecule has 2 unspecified atom stereocenters. The lowest BCUT2D eigenvalue weighted by Crippen LogP contribution is -2.39. The van der Waals surface area contributed by atoms with Gasteiger partial charge in [-0.1, -0.05) is 11.6 Å². The van der Waals surface area contributed by atoms with E-state index >= 15 is 0 Å². The second-order valence-electron chi connectivity index (χ2n) is 6.08. The summed E-state index contributed by atoms with van der Waals surface area (Å²) in [7, 11) is 0. The molecule has 1 amide bonds. The molecule has 2 aliphatic heterocycles. The zero-order valence-corrected chi connectivity index (χ0v) is 12.4. The minimum absolute atomic E-state index is 0.0469. The van der Waals surface area contributed by atoms with Crippen molar-refractivity contribution in [1.82, 2.24) is 10.3 Å². The number of carbonyl (C=O) groups excluding carboxylic acids is 1. The topological polar surface area (TPSA) is 54.0 Å². The lowest BCUT2D eigenvalue weighted by molar-refractivity contribution is -0.117. The molecule has 1 aromatic heterocycles. The summed E-state index contributed by atoms with van der Waals surface area (Å²) in [4.78, 5) is 16.2. The number of aromatic nitrogens is 1. The van der Waals surface area contributed by atoms with Gasteiger partial charge in [0.05, 0.1) is 5.69 Å². The molecular weight excluding hydrogens is 274 g/mol. The van der Waals surface area contributed by atoms with Crippen molar-refractivity contribution in [3.8, 4) is 0 Å². The molecule has 5 heteroatoms. The number of fused-ring (bicyclic) bond motifs is 2. The van der Waals surface area contributed by atoms with Gasteiger partial charge in [0.2, 0.25) is 5.91 Å². The fourth-order valence-corrected chi connectivity index (χ4v) is 3.60. The highest BCUT2D eigenvalue weighted by Gasteiger charge is 2.34. The lowest BCUT2D eigenvalue weighted by Gasteiger charge is -2.28. The molecule has 2 fully saturated rings. The molecule has 4 nitrogen and oxygen atoms in total. The third kappa shape index (κ3) is 3.13. The molecule has 20 heavy (non-hydrogen) atoms. The molecule has 0 spiro atoms. The van der Waals surface area contributed by atoms with Gasteiger partial charge in [-0.15, -0.1) is 0 Å². The first kappa shape index (κ1) is 13.8. The molecular formula is C15H20ClN3O. The molecule has 3 rings (SSSR count). The molecule has 0 radical (unpaired) electrons. The number of halogens is 1. The van der Waals surface area contributed by atoms with Gasteiger partial charge in [0, 0.05) is 24.7 Å². The summed E-state index contributed by atoms with van der Waals surface area (Å²) in [5.74, 6) is 0.538. The van der Waals surface area contributed by atoms with E-state index in [0.717, 1.165) is 18.4 Å². The Hall–Kier alpha value is -1.13. The van der Waals surface area contributed by atoms with Gasteiger partial charge in [-0.2, -0.15) is 0 Å². The van der Waals surface area contributed by atoms with Crippen molar-refractivity contribution >= 4 is 23.2 Å². The van der Waals surface area contributed by atoms with Crippen molar-refractivity contribution in [2.24, 2.45) is 5.92 Å². The summed E-state index contributed by atoms with van der Waals surface area (Å²) < 4.78 is 0. The van der Waals surface area contributed by atoms with Crippen molar-refractivity contribution in [3.05, 3.63) is 23.0 Å². The van der Waals surface area contributed by atoms with Gasteiger partial charge in [-0.05, 0) is 50.2 Å². The molecule has 0 saturated carbocycles. The fraction of sp³-hybridized carbons (Fsp3) is 0.600. The van der Waals surface area contributed by atoms with Crippen LogP contribution in [0.2, 0.25) is 5.15 Å². The van der Waals surface area contributed by atoms with Crippen LogP contribution in [0.3, 0.4) is 0 Å². The number of rotatable bonds is 3. The summed E-state index contributed by atoms with van der Waals surface area (Å²) >= 11 is 6.00. The standard InChI is InChI=1S/C15H20ClN3O/c1-9-4-13(15(16)17-8-9)19-14(20)7-10-5-11-2-3-12(6-10)18-11/h4,8,10-12,18H,2-3,5-7H2,1H3,(H,19,20). The Morgan fingerprint density at radius 3 is 2.85 bits per heavy atom. The van der Waals surface area contributed by atoms with E-state index in [0.29, 0.717) is 35.3 Å². The van der Waals surface area contributed by atoms with Crippen molar-refractivity contribution in [3.63, 3.8) is 0 Å². The summed E-state index contributed by atoms with van der Waals surface area (Å²) in [6.07, 6.45) is 7.03. The molecule has 2 saturated heterocycles. The average molecular weight is 294 g/mol. The second-order valence-corrected chi connectivity index (χ2v) is 6.44. The van der Waals surface area contributed by atoms with E-state index in [2.05, 4.69) is 15.6 Å². The van der Waals surface area contributed by atoms with Crippen LogP contribution >= 0.6 is 11.6 Å². The Balaban J connectivity index is 1.58. The van der Waals surface area contributed by atoms with Crippen LogP contribution in [0.5, 0.6) is 0 Å². The van der Waals surface area contributed by atoms with Crippen molar-refractivity contribution in [1.29, 1.82) is 0 Å². The van der Waals surface area contributed by atoms with Crippen LogP contribution in [0.4, 0.5) is 5.69 Å². The van der Waals surface area contributed by atoms with Crippen LogP contribution < -0.4 is 10.6 Å². The predicted octanol–water partition coefficient (Wildman–Crippen LogP) is 2.90. The second kappa shape index (κ2) is 5.70. The highest BCUT2D eigenvalue weighted by atomic mass is 35.5. The average Bonchev–Trinajstić information content (AvgIpc) is 2.73. The molecule has 108 valence electrons. The first-order valence-corrected chi connectivity index (χ1v) is 7.66. The van der Waals surface area contributed by atoms with E-state index in [1.807, 2.05) is 13.0 Å². The molecule has 2 aliphatic rings. The van der Waals surface area contributed by atoms with E-state index in [1.165, 1.54) is 12.8 Å². The Bertz CT molecular complexity index is 508. The number of anilines is 1. The van der Waals surface area contributed by atoms with Crippen molar-refractivity contribution in [2.75, 3.05) is 5.32 Å². The van der Waals surface area contributed by atoms with Crippen LogP contribution in [0, 0.1) is 12.8 Å². The Morgan fingerprint density at radius 2 is 2.15 bits per heavy atom. The zero-order chi connectivity index (χ0) is 14.1. The van der Waals surface area contributed by atoms with Crippen LogP contribution in [-0.2, 0) is 4.79 Å². The SMILES string of the molecule is Cc1cnc(Cl)c(NC(=O)CC2CC3CCC(C2)N3)c1. The minimum Gasteiger partial charge on any atom is -0.323 e. The predicted molar refractivity (Wildman–Crippen MR) is 79.9 cm³/mol. The molecule has 2 N–H and O–H groups in total. The Labute approximate surface area is 124 Å². The fourth-order valence-electron chi connectivity index (χ4n) is 3.45. The van der Waals surface area contributed by atoms with Gasteiger partial charge in [0.15, 0.2) is 5.15 Å². The molecule has 0 aliphatic carbocycles. The molecule has 2 bridgehead atoms. The molecule has 3 heterocycles. The summed E-state index contributed by atoms with van der Waals surface area (Å²) in [5.41, 5.74) is 1.61. The van der Waals surface area contributed by atoms with E-state index < -0.39 is 0 Å². The number of nitrogens with zero attached hydrogens (tertiary/aromatic N) is 1. The normalized spacial score (nSPS) is 28.4. The third-order valence-corrected chi connectivity index (χ3v) is 4.60. The molecule has 2 atom stereocenters. The van der Waals surface area contributed by atoms with Crippen LogP contribution in [-0.4, -0.2) is 23.0 Å². The largest absolute Gasteiger partial charge is 0.323 e. The number of hydrogen-bond acceptors (Lipinski definition) is 3. The summed E-state index contributed by atoms with van der Waals surface area (Å²) in [6, 6.07) is 3.10. The van der Waals surface area contributed by atoms with E-state index in [9.17, 15) is 4.79 Å². The van der Waals surface area contributed by atoms with Gasteiger partial charge < -0.3 is 10.6 Å². The Morgan fingerprint density at radius 1 is 1.45 bits per heavy atom. The highest BCUT2D eigenvalue weighted by molar-refractivity contribution is 6.32. The number of hydrogen-bond donors (Lipinski definition) is 2. The first-order valence-electron chi connectivity index (χ1n) is 7.28. The van der Waals surface area contributed by atoms with Gasteiger partial charge in [-0.3, -0.25) is 4.79 Å². The highest BCUT2D eigenvalue weighted by Crippen LogP contribution is 2.33. The summed E-state index contributed by atoms with van der Waals surface area (Å²) in [6.45, 7) is 1.93. The number of aryl methyl sites for hydroxylation is 1. The van der Waals surface area contributed by atoms with Gasteiger partial charge >= 0.3 is 0 Å². The van der Waals surface area contributed by atoms with Crippen molar-refractivity contribution < 1.29 is 4.79 Å². The van der Waals surface area contributed by atoms with Crippen LogP contribution in [0.15, 0.2) is 12.3 Å². The number of piperidine rings is 1. The zero-order valence-electron chi connectivity index (χ0n) is 11.7. The number of pyridine rings is 1.